The molecule has 0 radical (unpaired) electrons. The highest BCUT2D eigenvalue weighted by Crippen LogP contribution is 2.41. The Morgan fingerprint density at radius 2 is 1.98 bits per heavy atom. The van der Waals surface area contributed by atoms with Crippen molar-refractivity contribution in [3.63, 3.8) is 0 Å². The summed E-state index contributed by atoms with van der Waals surface area (Å²) in [6.45, 7) is -0.557. The second-order valence-corrected chi connectivity index (χ2v) is 10.4. The first-order chi connectivity index (χ1) is 20.4. The quantitative estimate of drug-likeness (QED) is 0.272. The van der Waals surface area contributed by atoms with Gasteiger partial charge in [-0.3, -0.25) is 9.59 Å². The summed E-state index contributed by atoms with van der Waals surface area (Å²) in [5, 5.41) is 4.84. The summed E-state index contributed by atoms with van der Waals surface area (Å²) in [5.41, 5.74) is -0.476. The Labute approximate surface area is 245 Å². The fraction of sp³-hybridized carbons (Fsp3) is 0.423. The number of carbonyl (C=O) groups excluding carboxylic acids is 4. The van der Waals surface area contributed by atoms with E-state index in [0.717, 1.165) is 9.47 Å². The van der Waals surface area contributed by atoms with Gasteiger partial charge in [-0.15, -0.1) is 0 Å². The Bertz CT molecular complexity index is 1610. The zero-order chi connectivity index (χ0) is 31.1. The van der Waals surface area contributed by atoms with Crippen molar-refractivity contribution in [2.45, 2.75) is 63.1 Å². The number of nitrogens with one attached hydrogen (secondary N) is 2. The molecule has 1 aromatic carbocycles. The summed E-state index contributed by atoms with van der Waals surface area (Å²) < 4.78 is 62.4. The molecule has 2 N–H and O–H groups in total. The number of nitrogens with zero attached hydrogens (tertiary/aromatic N) is 5. The van der Waals surface area contributed by atoms with Crippen LogP contribution in [0.4, 0.5) is 22.4 Å². The molecule has 43 heavy (non-hydrogen) atoms. The van der Waals surface area contributed by atoms with Crippen LogP contribution in [0.2, 0.25) is 5.02 Å². The molecular weight excluding hydrogens is 602 g/mol. The highest BCUT2D eigenvalue weighted by molar-refractivity contribution is 6.32. The average molecular weight is 626 g/mol. The van der Waals surface area contributed by atoms with Crippen LogP contribution < -0.4 is 10.6 Å². The summed E-state index contributed by atoms with van der Waals surface area (Å²) in [6, 6.07) is -0.466. The smallest absolute Gasteiger partial charge is 0.446 e. The summed E-state index contributed by atoms with van der Waals surface area (Å²) in [6.07, 6.45) is -3.18. The van der Waals surface area contributed by atoms with E-state index in [1.165, 1.54) is 25.5 Å². The molecule has 5 rings (SSSR count). The van der Waals surface area contributed by atoms with Crippen LogP contribution in [0.1, 0.15) is 59.0 Å². The number of amides is 3. The molecule has 0 bridgehead atoms. The van der Waals surface area contributed by atoms with Gasteiger partial charge in [0.15, 0.2) is 11.3 Å². The van der Waals surface area contributed by atoms with Crippen molar-refractivity contribution in [3.05, 3.63) is 51.8 Å². The zero-order valence-corrected chi connectivity index (χ0v) is 23.2. The highest BCUT2D eigenvalue weighted by Gasteiger charge is 2.44. The van der Waals surface area contributed by atoms with Gasteiger partial charge in [-0.1, -0.05) is 11.6 Å². The lowest BCUT2D eigenvalue weighted by molar-refractivity contribution is -0.149. The highest BCUT2D eigenvalue weighted by atomic mass is 35.5. The number of ether oxygens (including phenoxy) is 1. The van der Waals surface area contributed by atoms with Gasteiger partial charge in [-0.2, -0.15) is 13.2 Å². The van der Waals surface area contributed by atoms with Gasteiger partial charge in [0.1, 0.15) is 24.2 Å². The largest absolute Gasteiger partial charge is 0.449 e. The first-order valence-electron chi connectivity index (χ1n) is 13.1. The van der Waals surface area contributed by atoms with Crippen molar-refractivity contribution in [1.29, 1.82) is 0 Å². The minimum Gasteiger partial charge on any atom is -0.446 e. The van der Waals surface area contributed by atoms with E-state index in [9.17, 15) is 32.3 Å². The Morgan fingerprint density at radius 3 is 2.65 bits per heavy atom. The molecule has 2 aromatic heterocycles. The monoisotopic (exact) mass is 625 g/mol. The number of fused-ring (bicyclic) bond motifs is 2. The Morgan fingerprint density at radius 1 is 1.26 bits per heavy atom. The van der Waals surface area contributed by atoms with Gasteiger partial charge in [-0.05, 0) is 12.5 Å². The molecule has 2 aliphatic rings. The van der Waals surface area contributed by atoms with E-state index in [1.54, 1.807) is 0 Å². The predicted molar refractivity (Wildman–Crippen MR) is 140 cm³/mol. The maximum Gasteiger partial charge on any atom is 0.449 e. The molecule has 1 saturated carbocycles. The van der Waals surface area contributed by atoms with Crippen LogP contribution in [0.25, 0.3) is 11.3 Å². The number of alkyl carbamates (subject to hydrolysis) is 1. The molecule has 17 heteroatoms. The molecule has 0 spiro atoms. The fourth-order valence-electron chi connectivity index (χ4n) is 5.26. The third-order valence-corrected chi connectivity index (χ3v) is 7.73. The first kappa shape index (κ1) is 30.1. The van der Waals surface area contributed by atoms with E-state index in [1.807, 2.05) is 0 Å². The molecule has 1 aliphatic carbocycles. The normalized spacial score (nSPS) is 18.7. The Balaban J connectivity index is 1.22. The molecular formula is C26H24ClF4N7O5. The van der Waals surface area contributed by atoms with Gasteiger partial charge in [-0.25, -0.2) is 24.1 Å². The van der Waals surface area contributed by atoms with Crippen LogP contribution in [0.3, 0.4) is 0 Å². The van der Waals surface area contributed by atoms with Gasteiger partial charge < -0.3 is 29.6 Å². The zero-order valence-electron chi connectivity index (χ0n) is 22.5. The maximum atomic E-state index is 15.5. The summed E-state index contributed by atoms with van der Waals surface area (Å²) in [7, 11) is 1.37. The van der Waals surface area contributed by atoms with E-state index < -0.39 is 60.5 Å². The van der Waals surface area contributed by atoms with Crippen molar-refractivity contribution in [2.24, 2.45) is 0 Å². The van der Waals surface area contributed by atoms with E-state index in [0.29, 0.717) is 6.29 Å². The lowest BCUT2D eigenvalue weighted by Crippen LogP contribution is -2.46. The number of hydrogen-bond acceptors (Lipinski definition) is 8. The average Bonchev–Trinajstić information content (AvgIpc) is 3.50. The standard InChI is InChI=1S/C26H24ClF4N7O5/c1-32-22(40)17(3-2-6-39)37-11-15-16(27)7-12(19(28)18(15)23(37)41)10-35-25(42)43-14-8-13(9-14)38-21-20(33-4-5-34-21)36-24(38)26(29,30)31/h4-7,13-14,17H,2-3,8-11H2,1H3,(H,32,40)(H,35,42). The first-order valence-corrected chi connectivity index (χ1v) is 13.5. The predicted octanol–water partition coefficient (Wildman–Crippen LogP) is 3.32. The van der Waals surface area contributed by atoms with Crippen molar-refractivity contribution in [3.8, 4) is 0 Å². The minimum absolute atomic E-state index is 0.00392. The number of carbonyl (C=O) groups is 4. The van der Waals surface area contributed by atoms with Crippen LogP contribution in [-0.4, -0.2) is 67.8 Å². The van der Waals surface area contributed by atoms with Gasteiger partial charge in [0, 0.05) is 74.0 Å². The van der Waals surface area contributed by atoms with Crippen molar-refractivity contribution < 1.29 is 41.5 Å². The van der Waals surface area contributed by atoms with Crippen LogP contribution in [0.5, 0.6) is 0 Å². The van der Waals surface area contributed by atoms with Crippen LogP contribution in [0.15, 0.2) is 18.5 Å². The van der Waals surface area contributed by atoms with Crippen molar-refractivity contribution in [1.82, 2.24) is 35.1 Å². The van der Waals surface area contributed by atoms with Gasteiger partial charge in [0.05, 0.1) is 5.56 Å². The maximum absolute atomic E-state index is 15.5. The lowest BCUT2D eigenvalue weighted by Gasteiger charge is -2.36. The lowest BCUT2D eigenvalue weighted by atomic mass is 9.89. The molecule has 1 unspecified atom stereocenters. The van der Waals surface area contributed by atoms with Crippen LogP contribution >= 0.6 is 11.6 Å². The number of rotatable bonds is 9. The van der Waals surface area contributed by atoms with Crippen molar-refractivity contribution in [2.75, 3.05) is 7.05 Å². The number of likely N-dealkylation sites (N-methyl/N-ethyl adjacent to an activating group) is 1. The third kappa shape index (κ3) is 5.70. The number of aldehydes is 1. The van der Waals surface area contributed by atoms with Crippen molar-refractivity contribution >= 4 is 47.1 Å². The molecule has 3 aromatic rings. The Kier molecular flexibility index (Phi) is 8.23. The third-order valence-electron chi connectivity index (χ3n) is 7.39. The molecule has 228 valence electrons. The molecule has 1 fully saturated rings. The molecule has 1 atom stereocenters. The molecule has 0 saturated heterocycles. The number of halogens is 5. The molecule has 3 heterocycles. The van der Waals surface area contributed by atoms with E-state index in [-0.39, 0.29) is 65.2 Å². The summed E-state index contributed by atoms with van der Waals surface area (Å²) in [5.74, 6) is -3.39. The van der Waals surface area contributed by atoms with E-state index in [2.05, 4.69) is 25.6 Å². The molecule has 3 amide bonds. The number of aromatic nitrogens is 4. The number of benzene rings is 1. The number of alkyl halides is 3. The van der Waals surface area contributed by atoms with Crippen LogP contribution in [-0.2, 0) is 33.6 Å². The van der Waals surface area contributed by atoms with Gasteiger partial charge in [0.25, 0.3) is 5.91 Å². The van der Waals surface area contributed by atoms with Gasteiger partial charge in [0.2, 0.25) is 11.7 Å². The number of hydrogen-bond donors (Lipinski definition) is 2. The fourth-order valence-corrected chi connectivity index (χ4v) is 5.54. The van der Waals surface area contributed by atoms with E-state index >= 15 is 4.39 Å². The topological polar surface area (TPSA) is 148 Å². The summed E-state index contributed by atoms with van der Waals surface area (Å²) >= 11 is 6.34. The molecule has 1 aliphatic heterocycles. The minimum atomic E-state index is -4.75. The summed E-state index contributed by atoms with van der Waals surface area (Å²) in [4.78, 5) is 61.3. The second kappa shape index (κ2) is 11.7. The van der Waals surface area contributed by atoms with Gasteiger partial charge >= 0.3 is 12.3 Å². The second-order valence-electron chi connectivity index (χ2n) is 10.0. The Hall–Kier alpha value is -4.34. The SMILES string of the molecule is CNC(=O)C(CCC=O)N1Cc2c(Cl)cc(CNC(=O)OC3CC(n4c(C(F)(F)F)nc5nccnc54)C3)c(F)c2C1=O. The number of imidazole rings is 1. The van der Waals surface area contributed by atoms with E-state index in [4.69, 9.17) is 16.3 Å². The molecule has 12 nitrogen and oxygen atoms in total. The van der Waals surface area contributed by atoms with Crippen LogP contribution in [0, 0.1) is 5.82 Å².